The number of halogens is 3. The summed E-state index contributed by atoms with van der Waals surface area (Å²) < 4.78 is 7.16. The van der Waals surface area contributed by atoms with Crippen LogP contribution in [0.3, 0.4) is 0 Å². The van der Waals surface area contributed by atoms with Gasteiger partial charge in [0.15, 0.2) is 0 Å². The van der Waals surface area contributed by atoms with E-state index in [4.69, 9.17) is 16.3 Å². The van der Waals surface area contributed by atoms with Crippen molar-refractivity contribution in [2.75, 3.05) is 12.5 Å². The van der Waals surface area contributed by atoms with Gasteiger partial charge in [0.2, 0.25) is 0 Å². The van der Waals surface area contributed by atoms with Crippen LogP contribution in [0.5, 0.6) is 5.75 Å². The maximum absolute atomic E-state index is 9.18. The summed E-state index contributed by atoms with van der Waals surface area (Å²) >= 11 is 12.1. The van der Waals surface area contributed by atoms with Crippen molar-refractivity contribution in [1.82, 2.24) is 0 Å². The van der Waals surface area contributed by atoms with E-state index in [1.807, 2.05) is 18.2 Å². The van der Waals surface area contributed by atoms with Crippen molar-refractivity contribution in [3.8, 4) is 5.75 Å². The molecular formula is C9H9Br2ClO2. The third kappa shape index (κ3) is 4.17. The third-order valence-electron chi connectivity index (χ3n) is 1.46. The molecule has 0 heterocycles. The highest BCUT2D eigenvalue weighted by Crippen LogP contribution is 2.24. The lowest BCUT2D eigenvalue weighted by molar-refractivity contribution is 0.125. The van der Waals surface area contributed by atoms with Crippen molar-refractivity contribution in [2.24, 2.45) is 0 Å². The predicted octanol–water partition coefficient (Wildman–Crippen LogP) is 3.19. The van der Waals surface area contributed by atoms with Crippen LogP contribution >= 0.6 is 43.5 Å². The average Bonchev–Trinajstić information content (AvgIpc) is 2.12. The summed E-state index contributed by atoms with van der Waals surface area (Å²) in [6, 6.07) is 5.56. The lowest BCUT2D eigenvalue weighted by Gasteiger charge is -2.10. The molecule has 0 saturated carbocycles. The fourth-order valence-corrected chi connectivity index (χ4v) is 2.19. The van der Waals surface area contributed by atoms with Crippen molar-refractivity contribution in [3.05, 3.63) is 27.1 Å². The van der Waals surface area contributed by atoms with Crippen LogP contribution in [0, 0.1) is 0 Å². The lowest BCUT2D eigenvalue weighted by atomic mass is 10.3. The highest BCUT2D eigenvalue weighted by atomic mass is 79.9. The van der Waals surface area contributed by atoms with E-state index in [-0.39, 0.29) is 12.5 Å². The molecule has 2 nitrogen and oxygen atoms in total. The van der Waals surface area contributed by atoms with Gasteiger partial charge in [0.05, 0.1) is 5.88 Å². The summed E-state index contributed by atoms with van der Waals surface area (Å²) in [5.74, 6) is 0.866. The first-order valence-electron chi connectivity index (χ1n) is 3.94. The van der Waals surface area contributed by atoms with E-state index in [0.717, 1.165) is 8.95 Å². The Balaban J connectivity index is 2.58. The molecule has 0 fully saturated rings. The Bertz CT molecular complexity index is 287. The minimum absolute atomic E-state index is 0.176. The molecule has 1 aromatic carbocycles. The molecule has 0 aromatic heterocycles. The molecule has 1 aromatic rings. The number of alkyl halides is 1. The Kier molecular flexibility index (Phi) is 5.23. The minimum Gasteiger partial charge on any atom is -0.491 e. The average molecular weight is 344 g/mol. The molecule has 1 N–H and O–H groups in total. The number of hydrogen-bond acceptors (Lipinski definition) is 2. The molecule has 0 aliphatic heterocycles. The quantitative estimate of drug-likeness (QED) is 0.850. The zero-order valence-electron chi connectivity index (χ0n) is 7.21. The monoisotopic (exact) mass is 342 g/mol. The van der Waals surface area contributed by atoms with Crippen molar-refractivity contribution in [3.63, 3.8) is 0 Å². The number of ether oxygens (including phenoxy) is 1. The molecule has 1 rings (SSSR count). The normalized spacial score (nSPS) is 12.6. The summed E-state index contributed by atoms with van der Waals surface area (Å²) in [6.45, 7) is 0.201. The largest absolute Gasteiger partial charge is 0.491 e. The van der Waals surface area contributed by atoms with E-state index in [1.165, 1.54) is 0 Å². The summed E-state index contributed by atoms with van der Waals surface area (Å²) in [5.41, 5.74) is 0. The van der Waals surface area contributed by atoms with Crippen LogP contribution in [-0.2, 0) is 0 Å². The molecule has 0 aliphatic carbocycles. The van der Waals surface area contributed by atoms with E-state index in [0.29, 0.717) is 5.75 Å². The lowest BCUT2D eigenvalue weighted by Crippen LogP contribution is -2.18. The standard InChI is InChI=1S/C9H9Br2ClO2/c10-6-1-7(11)3-9(2-6)14-5-8(13)4-12/h1-3,8,13H,4-5H2. The van der Waals surface area contributed by atoms with Gasteiger partial charge in [-0.2, -0.15) is 0 Å². The zero-order chi connectivity index (χ0) is 10.6. The predicted molar refractivity (Wildman–Crippen MR) is 64.1 cm³/mol. The molecule has 5 heteroatoms. The second-order valence-corrected chi connectivity index (χ2v) is 4.86. The van der Waals surface area contributed by atoms with Gasteiger partial charge in [-0.3, -0.25) is 0 Å². The second-order valence-electron chi connectivity index (χ2n) is 2.72. The molecule has 1 unspecified atom stereocenters. The molecule has 0 saturated heterocycles. The smallest absolute Gasteiger partial charge is 0.121 e. The van der Waals surface area contributed by atoms with Gasteiger partial charge in [-0.1, -0.05) is 31.9 Å². The zero-order valence-corrected chi connectivity index (χ0v) is 11.1. The van der Waals surface area contributed by atoms with E-state index in [9.17, 15) is 5.11 Å². The van der Waals surface area contributed by atoms with E-state index in [2.05, 4.69) is 31.9 Å². The van der Waals surface area contributed by atoms with Gasteiger partial charge in [-0.25, -0.2) is 0 Å². The summed E-state index contributed by atoms with van der Waals surface area (Å²) in [5, 5.41) is 9.18. The molecule has 78 valence electrons. The Morgan fingerprint density at radius 3 is 2.36 bits per heavy atom. The summed E-state index contributed by atoms with van der Waals surface area (Å²) in [7, 11) is 0. The fraction of sp³-hybridized carbons (Fsp3) is 0.333. The molecule has 1 atom stereocenters. The van der Waals surface area contributed by atoms with Crippen LogP contribution in [0.2, 0.25) is 0 Å². The van der Waals surface area contributed by atoms with Gasteiger partial charge in [-0.15, -0.1) is 11.6 Å². The van der Waals surface area contributed by atoms with Crippen LogP contribution in [0.25, 0.3) is 0 Å². The first kappa shape index (κ1) is 12.3. The number of aliphatic hydroxyl groups is 1. The molecule has 0 bridgehead atoms. The van der Waals surface area contributed by atoms with Gasteiger partial charge < -0.3 is 9.84 Å². The molecular weight excluding hydrogens is 335 g/mol. The number of rotatable bonds is 4. The number of hydrogen-bond donors (Lipinski definition) is 1. The maximum atomic E-state index is 9.18. The topological polar surface area (TPSA) is 29.5 Å². The fourth-order valence-electron chi connectivity index (χ4n) is 0.849. The molecule has 14 heavy (non-hydrogen) atoms. The highest BCUT2D eigenvalue weighted by molar-refractivity contribution is 9.11. The second kappa shape index (κ2) is 5.95. The Morgan fingerprint density at radius 2 is 1.86 bits per heavy atom. The number of aliphatic hydroxyl groups excluding tert-OH is 1. The van der Waals surface area contributed by atoms with Crippen molar-refractivity contribution in [2.45, 2.75) is 6.10 Å². The highest BCUT2D eigenvalue weighted by Gasteiger charge is 2.04. The van der Waals surface area contributed by atoms with Crippen molar-refractivity contribution < 1.29 is 9.84 Å². The van der Waals surface area contributed by atoms with E-state index in [1.54, 1.807) is 0 Å². The molecule has 0 spiro atoms. The SMILES string of the molecule is OC(CCl)COc1cc(Br)cc(Br)c1. The summed E-state index contributed by atoms with van der Waals surface area (Å²) in [6.07, 6.45) is -0.630. The maximum Gasteiger partial charge on any atom is 0.121 e. The van der Waals surface area contributed by atoms with Gasteiger partial charge >= 0.3 is 0 Å². The van der Waals surface area contributed by atoms with Crippen LogP contribution in [0.4, 0.5) is 0 Å². The van der Waals surface area contributed by atoms with Gasteiger partial charge in [0.25, 0.3) is 0 Å². The van der Waals surface area contributed by atoms with E-state index < -0.39 is 6.10 Å². The van der Waals surface area contributed by atoms with Crippen LogP contribution in [-0.4, -0.2) is 23.7 Å². The van der Waals surface area contributed by atoms with Crippen molar-refractivity contribution >= 4 is 43.5 Å². The van der Waals surface area contributed by atoms with Crippen molar-refractivity contribution in [1.29, 1.82) is 0 Å². The Hall–Kier alpha value is 0.230. The first-order chi connectivity index (χ1) is 6.61. The Labute approximate surface area is 104 Å². The van der Waals surface area contributed by atoms with Crippen LogP contribution < -0.4 is 4.74 Å². The number of benzene rings is 1. The minimum atomic E-state index is -0.630. The van der Waals surface area contributed by atoms with Gasteiger partial charge in [-0.05, 0) is 18.2 Å². The molecule has 0 radical (unpaired) electrons. The first-order valence-corrected chi connectivity index (χ1v) is 6.07. The molecule has 0 aliphatic rings. The van der Waals surface area contributed by atoms with Crippen LogP contribution in [0.15, 0.2) is 27.1 Å². The van der Waals surface area contributed by atoms with Gasteiger partial charge in [0, 0.05) is 8.95 Å². The van der Waals surface area contributed by atoms with E-state index >= 15 is 0 Å². The summed E-state index contributed by atoms with van der Waals surface area (Å²) in [4.78, 5) is 0. The Morgan fingerprint density at radius 1 is 1.29 bits per heavy atom. The third-order valence-corrected chi connectivity index (χ3v) is 2.73. The molecule has 0 amide bonds. The van der Waals surface area contributed by atoms with Gasteiger partial charge in [0.1, 0.15) is 18.5 Å². The van der Waals surface area contributed by atoms with Crippen LogP contribution in [0.1, 0.15) is 0 Å².